The van der Waals surface area contributed by atoms with E-state index in [1.54, 1.807) is 29.2 Å². The lowest BCUT2D eigenvalue weighted by Crippen LogP contribution is -2.31. The number of amides is 3. The Balaban J connectivity index is 1.27. The van der Waals surface area contributed by atoms with Crippen LogP contribution in [0.15, 0.2) is 48.5 Å². The Morgan fingerprint density at radius 3 is 2.26 bits per heavy atom. The highest BCUT2D eigenvalue weighted by Crippen LogP contribution is 2.40. The van der Waals surface area contributed by atoms with Crippen molar-refractivity contribution < 1.29 is 23.9 Å². The Labute approximate surface area is 198 Å². The van der Waals surface area contributed by atoms with Crippen LogP contribution in [-0.4, -0.2) is 30.2 Å². The molecule has 34 heavy (non-hydrogen) atoms. The summed E-state index contributed by atoms with van der Waals surface area (Å²) >= 11 is 0. The minimum Gasteiger partial charge on any atom is -0.426 e. The Hall–Kier alpha value is -3.48. The first-order valence-electron chi connectivity index (χ1n) is 12.0. The summed E-state index contributed by atoms with van der Waals surface area (Å²) < 4.78 is 5.59. The van der Waals surface area contributed by atoms with Crippen LogP contribution in [0.3, 0.4) is 0 Å². The normalized spacial score (nSPS) is 24.5. The van der Waals surface area contributed by atoms with E-state index in [9.17, 15) is 19.2 Å². The SMILES string of the molecule is CCc1ccc(N2C[C@@H](C(=O)Oc3cccc(N4C(=O)[C@H]5CCCC[C@H]5C4=O)c3)CC2=O)cc1. The van der Waals surface area contributed by atoms with Gasteiger partial charge in [-0.25, -0.2) is 4.90 Å². The van der Waals surface area contributed by atoms with Gasteiger partial charge in [0.05, 0.1) is 23.4 Å². The molecule has 0 N–H and O–H groups in total. The molecule has 5 rings (SSSR count). The van der Waals surface area contributed by atoms with Crippen molar-refractivity contribution in [1.29, 1.82) is 0 Å². The van der Waals surface area contributed by atoms with Gasteiger partial charge in [-0.05, 0) is 49.1 Å². The lowest BCUT2D eigenvalue weighted by molar-refractivity contribution is -0.139. The molecular weight excluding hydrogens is 432 g/mol. The summed E-state index contributed by atoms with van der Waals surface area (Å²) in [6, 6.07) is 14.3. The van der Waals surface area contributed by atoms with E-state index in [2.05, 4.69) is 6.92 Å². The molecule has 176 valence electrons. The maximum atomic E-state index is 12.9. The molecule has 1 aliphatic carbocycles. The van der Waals surface area contributed by atoms with E-state index < -0.39 is 11.9 Å². The number of fused-ring (bicyclic) bond motifs is 1. The molecule has 7 nitrogen and oxygen atoms in total. The van der Waals surface area contributed by atoms with E-state index in [0.29, 0.717) is 5.69 Å². The third-order valence-corrected chi connectivity index (χ3v) is 7.25. The fraction of sp³-hybridized carbons (Fsp3) is 0.407. The molecule has 2 aromatic rings. The zero-order valence-corrected chi connectivity index (χ0v) is 19.2. The molecule has 2 heterocycles. The van der Waals surface area contributed by atoms with Gasteiger partial charge in [-0.2, -0.15) is 0 Å². The first-order valence-corrected chi connectivity index (χ1v) is 12.0. The van der Waals surface area contributed by atoms with Crippen molar-refractivity contribution in [2.45, 2.75) is 45.4 Å². The first kappa shape index (κ1) is 22.3. The molecule has 1 saturated carbocycles. The fourth-order valence-corrected chi connectivity index (χ4v) is 5.33. The minimum absolute atomic E-state index is 0.0838. The maximum Gasteiger partial charge on any atom is 0.316 e. The lowest BCUT2D eigenvalue weighted by atomic mass is 9.81. The van der Waals surface area contributed by atoms with E-state index in [0.717, 1.165) is 37.8 Å². The van der Waals surface area contributed by atoms with Crippen molar-refractivity contribution >= 4 is 35.1 Å². The van der Waals surface area contributed by atoms with Gasteiger partial charge in [-0.3, -0.25) is 19.2 Å². The molecule has 0 radical (unpaired) electrons. The summed E-state index contributed by atoms with van der Waals surface area (Å²) in [6.45, 7) is 2.33. The number of rotatable bonds is 5. The summed E-state index contributed by atoms with van der Waals surface area (Å²) in [5, 5.41) is 0. The molecule has 0 bridgehead atoms. The van der Waals surface area contributed by atoms with Crippen molar-refractivity contribution in [3.63, 3.8) is 0 Å². The van der Waals surface area contributed by atoms with Crippen LogP contribution in [-0.2, 0) is 25.6 Å². The van der Waals surface area contributed by atoms with Gasteiger partial charge in [0.2, 0.25) is 17.7 Å². The highest BCUT2D eigenvalue weighted by atomic mass is 16.5. The second-order valence-corrected chi connectivity index (χ2v) is 9.35. The summed E-state index contributed by atoms with van der Waals surface area (Å²) in [5.74, 6) is -1.74. The smallest absolute Gasteiger partial charge is 0.316 e. The molecule has 3 aliphatic rings. The molecule has 3 amide bonds. The van der Waals surface area contributed by atoms with Gasteiger partial charge in [0.25, 0.3) is 0 Å². The van der Waals surface area contributed by atoms with Gasteiger partial charge in [-0.15, -0.1) is 0 Å². The zero-order valence-electron chi connectivity index (χ0n) is 19.2. The topological polar surface area (TPSA) is 84.0 Å². The van der Waals surface area contributed by atoms with Gasteiger partial charge < -0.3 is 9.64 Å². The van der Waals surface area contributed by atoms with Gasteiger partial charge in [0.1, 0.15) is 5.75 Å². The highest BCUT2D eigenvalue weighted by Gasteiger charge is 2.48. The van der Waals surface area contributed by atoms with Crippen molar-refractivity contribution in [3.05, 3.63) is 54.1 Å². The number of esters is 1. The Morgan fingerprint density at radius 1 is 0.941 bits per heavy atom. The summed E-state index contributed by atoms with van der Waals surface area (Å²) in [5.41, 5.74) is 2.38. The molecule has 2 aromatic carbocycles. The second-order valence-electron chi connectivity index (χ2n) is 9.35. The number of hydrogen-bond acceptors (Lipinski definition) is 5. The molecule has 0 unspecified atom stereocenters. The zero-order chi connectivity index (χ0) is 23.8. The van der Waals surface area contributed by atoms with Gasteiger partial charge in [-0.1, -0.05) is 38.0 Å². The number of imide groups is 1. The van der Waals surface area contributed by atoms with Crippen molar-refractivity contribution in [2.24, 2.45) is 17.8 Å². The third kappa shape index (κ3) is 4.00. The highest BCUT2D eigenvalue weighted by molar-refractivity contribution is 6.22. The van der Waals surface area contributed by atoms with Crippen LogP contribution in [0, 0.1) is 17.8 Å². The van der Waals surface area contributed by atoms with Crippen LogP contribution in [0.2, 0.25) is 0 Å². The number of hydrogen-bond donors (Lipinski definition) is 0. The maximum absolute atomic E-state index is 12.9. The molecule has 2 saturated heterocycles. The quantitative estimate of drug-likeness (QED) is 0.384. The van der Waals surface area contributed by atoms with Crippen LogP contribution in [0.5, 0.6) is 5.75 Å². The summed E-state index contributed by atoms with van der Waals surface area (Å²) in [7, 11) is 0. The fourth-order valence-electron chi connectivity index (χ4n) is 5.33. The van der Waals surface area contributed by atoms with E-state index in [4.69, 9.17) is 4.74 Å². The summed E-state index contributed by atoms with van der Waals surface area (Å²) in [6.07, 6.45) is 4.41. The molecule has 7 heteroatoms. The third-order valence-electron chi connectivity index (χ3n) is 7.25. The largest absolute Gasteiger partial charge is 0.426 e. The van der Waals surface area contributed by atoms with E-state index >= 15 is 0 Å². The van der Waals surface area contributed by atoms with Crippen LogP contribution >= 0.6 is 0 Å². The number of anilines is 2. The van der Waals surface area contributed by atoms with Crippen LogP contribution in [0.1, 0.15) is 44.6 Å². The summed E-state index contributed by atoms with van der Waals surface area (Å²) in [4.78, 5) is 54.1. The number of aryl methyl sites for hydroxylation is 1. The van der Waals surface area contributed by atoms with Crippen molar-refractivity contribution in [2.75, 3.05) is 16.3 Å². The minimum atomic E-state index is -0.583. The van der Waals surface area contributed by atoms with Crippen molar-refractivity contribution in [1.82, 2.24) is 0 Å². The van der Waals surface area contributed by atoms with Gasteiger partial charge in [0.15, 0.2) is 0 Å². The molecule has 3 atom stereocenters. The molecular formula is C27H28N2O5. The van der Waals surface area contributed by atoms with Crippen LogP contribution < -0.4 is 14.5 Å². The second kappa shape index (κ2) is 9.05. The standard InChI is InChI=1S/C27H28N2O5/c1-2-17-10-12-19(13-11-17)28-16-18(14-24(28)30)27(33)34-21-7-5-6-20(15-21)29-25(31)22-8-3-4-9-23(22)26(29)32/h5-7,10-13,15,18,22-23H,2-4,8-9,14,16H2,1H3/t18-,22-,23+/m0/s1. The first-order chi connectivity index (χ1) is 16.5. The Morgan fingerprint density at radius 2 is 1.62 bits per heavy atom. The Bertz CT molecular complexity index is 1120. The van der Waals surface area contributed by atoms with Gasteiger partial charge in [0, 0.05) is 24.7 Å². The molecule has 2 aliphatic heterocycles. The molecule has 0 aromatic heterocycles. The molecule has 0 spiro atoms. The van der Waals surface area contributed by atoms with Crippen LogP contribution in [0.4, 0.5) is 11.4 Å². The van der Waals surface area contributed by atoms with Gasteiger partial charge >= 0.3 is 5.97 Å². The number of ether oxygens (including phenoxy) is 1. The number of carbonyl (C=O) groups excluding carboxylic acids is 4. The Kier molecular flexibility index (Phi) is 5.94. The van der Waals surface area contributed by atoms with E-state index in [-0.39, 0.29) is 48.3 Å². The number of carbonyl (C=O) groups is 4. The number of nitrogens with zero attached hydrogens (tertiary/aromatic N) is 2. The van der Waals surface area contributed by atoms with E-state index in [1.165, 1.54) is 10.5 Å². The average Bonchev–Trinajstić information content (AvgIpc) is 3.37. The average molecular weight is 461 g/mol. The molecule has 3 fully saturated rings. The van der Waals surface area contributed by atoms with Crippen LogP contribution in [0.25, 0.3) is 0 Å². The van der Waals surface area contributed by atoms with Crippen molar-refractivity contribution in [3.8, 4) is 5.75 Å². The predicted molar refractivity (Wildman–Crippen MR) is 126 cm³/mol. The van der Waals surface area contributed by atoms with E-state index in [1.807, 2.05) is 24.3 Å². The monoisotopic (exact) mass is 460 g/mol. The predicted octanol–water partition coefficient (Wildman–Crippen LogP) is 3.89. The number of benzene rings is 2. The lowest BCUT2D eigenvalue weighted by Gasteiger charge is -2.19.